The van der Waals surface area contributed by atoms with Gasteiger partial charge in [-0.15, -0.1) is 0 Å². The van der Waals surface area contributed by atoms with Gasteiger partial charge in [0.15, 0.2) is 5.52 Å². The summed E-state index contributed by atoms with van der Waals surface area (Å²) in [6, 6.07) is 1.68. The van der Waals surface area contributed by atoms with Gasteiger partial charge in [0.25, 0.3) is 6.43 Å². The van der Waals surface area contributed by atoms with Crippen molar-refractivity contribution >= 4 is 28.4 Å². The van der Waals surface area contributed by atoms with E-state index in [1.165, 1.54) is 6.08 Å². The summed E-state index contributed by atoms with van der Waals surface area (Å²) in [5, 5.41) is 24.1. The average Bonchev–Trinajstić information content (AvgIpc) is 2.99. The predicted molar refractivity (Wildman–Crippen MR) is 76.3 cm³/mol. The van der Waals surface area contributed by atoms with Crippen LogP contribution in [0.25, 0.3) is 11.2 Å². The number of aromatic nitrogens is 3. The fourth-order valence-electron chi connectivity index (χ4n) is 2.27. The van der Waals surface area contributed by atoms with Crippen molar-refractivity contribution in [2.75, 3.05) is 5.73 Å². The molecule has 10 heteroatoms. The maximum absolute atomic E-state index is 13.1. The van der Waals surface area contributed by atoms with Crippen LogP contribution in [0.1, 0.15) is 11.3 Å². The molecule has 1 aliphatic rings. The molecule has 23 heavy (non-hydrogen) atoms. The van der Waals surface area contributed by atoms with Crippen LogP contribution in [0.5, 0.6) is 0 Å². The Morgan fingerprint density at radius 3 is 2.87 bits per heavy atom. The Morgan fingerprint density at radius 2 is 2.17 bits per heavy atom. The van der Waals surface area contributed by atoms with Crippen LogP contribution in [-0.4, -0.2) is 33.3 Å². The van der Waals surface area contributed by atoms with Gasteiger partial charge in [-0.25, -0.2) is 23.4 Å². The molecule has 0 saturated heterocycles. The van der Waals surface area contributed by atoms with Crippen LogP contribution < -0.4 is 5.73 Å². The number of nitrogens with two attached hydrogens (primary N) is 1. The molecular weight excluding hydrogens is 308 g/mol. The molecule has 1 aliphatic heterocycles. The SMILES string of the molecule is N#CC1=C/Cc2nc3nonc3c(N)c2CC(=N)/N=C\1C(F)F. The summed E-state index contributed by atoms with van der Waals surface area (Å²) in [6.07, 6.45) is -1.71. The van der Waals surface area contributed by atoms with E-state index < -0.39 is 12.1 Å². The highest BCUT2D eigenvalue weighted by Crippen LogP contribution is 2.26. The number of hydrogen-bond donors (Lipinski definition) is 2. The lowest BCUT2D eigenvalue weighted by atomic mass is 10.0. The minimum Gasteiger partial charge on any atom is -0.396 e. The van der Waals surface area contributed by atoms with Gasteiger partial charge in [-0.3, -0.25) is 5.41 Å². The molecule has 116 valence electrons. The quantitative estimate of drug-likeness (QED) is 0.816. The highest BCUT2D eigenvalue weighted by molar-refractivity contribution is 6.11. The molecule has 0 bridgehead atoms. The first-order valence-corrected chi connectivity index (χ1v) is 6.45. The number of rotatable bonds is 1. The smallest absolute Gasteiger partial charge is 0.281 e. The molecule has 0 aliphatic carbocycles. The minimum absolute atomic E-state index is 0.0737. The standard InChI is InChI=1S/C13H9F2N7O/c14-12(15)10-5(4-16)1-2-7-6(3-8(17)20-10)9(18)11-13(19-7)22-23-21-11/h1,12,17H,2-3,18H2/b5-1-,17-8?,20-10+. The van der Waals surface area contributed by atoms with Crippen LogP contribution in [0.2, 0.25) is 0 Å². The van der Waals surface area contributed by atoms with Gasteiger partial charge in [0, 0.05) is 18.4 Å². The van der Waals surface area contributed by atoms with Crippen molar-refractivity contribution in [1.82, 2.24) is 15.3 Å². The Kier molecular flexibility index (Phi) is 3.53. The number of nitrogen functional groups attached to an aromatic ring is 1. The summed E-state index contributed by atoms with van der Waals surface area (Å²) in [4.78, 5) is 7.79. The van der Waals surface area contributed by atoms with Gasteiger partial charge in [-0.2, -0.15) is 5.26 Å². The van der Waals surface area contributed by atoms with E-state index in [1.54, 1.807) is 6.07 Å². The van der Waals surface area contributed by atoms with E-state index in [-0.39, 0.29) is 41.1 Å². The van der Waals surface area contributed by atoms with Gasteiger partial charge in [0.1, 0.15) is 17.6 Å². The molecular formula is C13H9F2N7O. The van der Waals surface area contributed by atoms with Crippen molar-refractivity contribution in [3.05, 3.63) is 22.9 Å². The first-order chi connectivity index (χ1) is 11.0. The number of hydrogen-bond acceptors (Lipinski definition) is 7. The van der Waals surface area contributed by atoms with Gasteiger partial charge in [0.05, 0.1) is 17.0 Å². The van der Waals surface area contributed by atoms with Gasteiger partial charge in [-0.05, 0) is 10.3 Å². The van der Waals surface area contributed by atoms with Crippen LogP contribution in [0, 0.1) is 16.7 Å². The lowest BCUT2D eigenvalue weighted by Gasteiger charge is -2.08. The Morgan fingerprint density at radius 1 is 1.39 bits per heavy atom. The number of halogens is 2. The molecule has 3 rings (SSSR count). The zero-order chi connectivity index (χ0) is 16.6. The van der Waals surface area contributed by atoms with Crippen molar-refractivity contribution in [1.29, 1.82) is 10.7 Å². The summed E-state index contributed by atoms with van der Waals surface area (Å²) < 4.78 is 30.7. The van der Waals surface area contributed by atoms with Gasteiger partial charge in [0.2, 0.25) is 5.65 Å². The predicted octanol–water partition coefficient (Wildman–Crippen LogP) is 1.43. The fraction of sp³-hybridized carbons (Fsp3) is 0.231. The lowest BCUT2D eigenvalue weighted by molar-refractivity contribution is 0.226. The topological polar surface area (TPSA) is 138 Å². The second-order valence-electron chi connectivity index (χ2n) is 4.74. The largest absolute Gasteiger partial charge is 0.396 e. The number of fused-ring (bicyclic) bond motifs is 2. The summed E-state index contributed by atoms with van der Waals surface area (Å²) in [5.74, 6) is -0.353. The molecule has 0 fully saturated rings. The number of amidine groups is 1. The van der Waals surface area contributed by atoms with Crippen LogP contribution >= 0.6 is 0 Å². The number of allylic oxidation sites excluding steroid dienone is 2. The lowest BCUT2D eigenvalue weighted by Crippen LogP contribution is -2.15. The first kappa shape index (κ1) is 14.7. The van der Waals surface area contributed by atoms with E-state index >= 15 is 0 Å². The molecule has 0 amide bonds. The molecule has 2 aromatic rings. The van der Waals surface area contributed by atoms with E-state index in [2.05, 4.69) is 24.9 Å². The monoisotopic (exact) mass is 317 g/mol. The Labute approximate surface area is 127 Å². The van der Waals surface area contributed by atoms with Crippen LogP contribution in [0.15, 0.2) is 21.3 Å². The van der Waals surface area contributed by atoms with E-state index in [0.29, 0.717) is 11.3 Å². The van der Waals surface area contributed by atoms with Crippen molar-refractivity contribution < 1.29 is 13.4 Å². The third-order valence-corrected chi connectivity index (χ3v) is 3.34. The maximum Gasteiger partial charge on any atom is 0.281 e. The summed E-state index contributed by atoms with van der Waals surface area (Å²) >= 11 is 0. The summed E-state index contributed by atoms with van der Waals surface area (Å²) in [7, 11) is 0. The van der Waals surface area contributed by atoms with Gasteiger partial charge < -0.3 is 5.73 Å². The summed E-state index contributed by atoms with van der Waals surface area (Å²) in [5.41, 5.74) is 6.44. The number of nitrogens with one attached hydrogen (secondary N) is 1. The highest BCUT2D eigenvalue weighted by atomic mass is 19.3. The number of nitrogens with zero attached hydrogens (tertiary/aromatic N) is 5. The molecule has 2 aromatic heterocycles. The zero-order valence-corrected chi connectivity index (χ0v) is 11.5. The molecule has 0 unspecified atom stereocenters. The van der Waals surface area contributed by atoms with Crippen molar-refractivity contribution in [2.45, 2.75) is 19.3 Å². The third kappa shape index (κ3) is 2.52. The number of anilines is 1. The molecule has 3 heterocycles. The molecule has 0 atom stereocenters. The van der Waals surface area contributed by atoms with E-state index in [0.717, 1.165) is 0 Å². The first-order valence-electron chi connectivity index (χ1n) is 6.45. The second kappa shape index (κ2) is 5.53. The highest BCUT2D eigenvalue weighted by Gasteiger charge is 2.23. The Bertz CT molecular complexity index is 907. The molecule has 8 nitrogen and oxygen atoms in total. The van der Waals surface area contributed by atoms with Crippen molar-refractivity contribution in [3.8, 4) is 6.07 Å². The van der Waals surface area contributed by atoms with Gasteiger partial charge >= 0.3 is 0 Å². The molecule has 3 N–H and O–H groups in total. The average molecular weight is 317 g/mol. The third-order valence-electron chi connectivity index (χ3n) is 3.34. The van der Waals surface area contributed by atoms with E-state index in [1.807, 2.05) is 0 Å². The number of aliphatic imine (C=N–C) groups is 1. The Balaban J connectivity index is 2.20. The van der Waals surface area contributed by atoms with Crippen LogP contribution in [0.4, 0.5) is 14.5 Å². The van der Waals surface area contributed by atoms with Crippen LogP contribution in [0.3, 0.4) is 0 Å². The van der Waals surface area contributed by atoms with Crippen molar-refractivity contribution in [2.24, 2.45) is 4.99 Å². The summed E-state index contributed by atoms with van der Waals surface area (Å²) in [6.45, 7) is 0. The minimum atomic E-state index is -2.96. The zero-order valence-electron chi connectivity index (χ0n) is 11.5. The molecule has 0 radical (unpaired) electrons. The Hall–Kier alpha value is -3.22. The maximum atomic E-state index is 13.1. The van der Waals surface area contributed by atoms with Crippen LogP contribution in [-0.2, 0) is 12.8 Å². The number of pyridine rings is 1. The van der Waals surface area contributed by atoms with Gasteiger partial charge in [-0.1, -0.05) is 6.08 Å². The number of nitriles is 1. The fourth-order valence-corrected chi connectivity index (χ4v) is 2.27. The molecule has 0 spiro atoms. The van der Waals surface area contributed by atoms with Crippen molar-refractivity contribution in [3.63, 3.8) is 0 Å². The molecule has 0 saturated carbocycles. The van der Waals surface area contributed by atoms with E-state index in [4.69, 9.17) is 16.4 Å². The van der Waals surface area contributed by atoms with E-state index in [9.17, 15) is 8.78 Å². The number of alkyl halides is 2. The second-order valence-corrected chi connectivity index (χ2v) is 4.74. The molecule has 0 aromatic carbocycles. The normalized spacial score (nSPS) is 19.8.